The molecule has 0 bridgehead atoms. The van der Waals surface area contributed by atoms with Gasteiger partial charge in [0.25, 0.3) is 0 Å². The molecule has 1 fully saturated rings. The van der Waals surface area contributed by atoms with Gasteiger partial charge in [0.1, 0.15) is 0 Å². The molecule has 1 aliphatic heterocycles. The highest BCUT2D eigenvalue weighted by atomic mass is 32.2. The maximum Gasteiger partial charge on any atom is 0.322 e. The Morgan fingerprint density at radius 2 is 2.24 bits per heavy atom. The van der Waals surface area contributed by atoms with E-state index >= 15 is 0 Å². The van der Waals surface area contributed by atoms with Gasteiger partial charge in [-0.05, 0) is 43.5 Å². The van der Waals surface area contributed by atoms with Gasteiger partial charge in [-0.2, -0.15) is 5.10 Å². The lowest BCUT2D eigenvalue weighted by atomic mass is 10.2. The molecule has 1 aromatic heterocycles. The fraction of sp³-hybridized carbons (Fsp3) is 0.375. The normalized spacial score (nSPS) is 17.7. The molecule has 0 saturated carbocycles. The van der Waals surface area contributed by atoms with Crippen LogP contribution in [0, 0.1) is 6.92 Å². The Hall–Kier alpha value is -2.39. The number of nitrogens with two attached hydrogens (primary N) is 1. The van der Waals surface area contributed by atoms with Gasteiger partial charge in [0.15, 0.2) is 0 Å². The van der Waals surface area contributed by atoms with Gasteiger partial charge in [-0.3, -0.25) is 4.68 Å². The first-order chi connectivity index (χ1) is 11.8. The Morgan fingerprint density at radius 3 is 2.92 bits per heavy atom. The lowest BCUT2D eigenvalue weighted by Gasteiger charge is -2.25. The summed E-state index contributed by atoms with van der Waals surface area (Å²) in [4.78, 5) is 14.4. The summed E-state index contributed by atoms with van der Waals surface area (Å²) in [5.74, 6) is 0. The van der Waals surface area contributed by atoms with E-state index in [4.69, 9.17) is 5.14 Å². The van der Waals surface area contributed by atoms with Crippen molar-refractivity contribution in [3.63, 3.8) is 0 Å². The molecule has 1 aliphatic rings. The van der Waals surface area contributed by atoms with Crippen LogP contribution in [-0.4, -0.2) is 41.7 Å². The van der Waals surface area contributed by atoms with E-state index in [1.807, 2.05) is 16.9 Å². The van der Waals surface area contributed by atoms with Crippen molar-refractivity contribution in [3.8, 4) is 0 Å². The number of rotatable bonds is 4. The van der Waals surface area contributed by atoms with E-state index in [1.165, 1.54) is 12.1 Å². The topological polar surface area (TPSA) is 110 Å². The molecule has 9 heteroatoms. The Morgan fingerprint density at radius 1 is 1.44 bits per heavy atom. The zero-order chi connectivity index (χ0) is 18.0. The first kappa shape index (κ1) is 17.4. The van der Waals surface area contributed by atoms with Gasteiger partial charge in [0, 0.05) is 24.6 Å². The zero-order valence-electron chi connectivity index (χ0n) is 13.9. The first-order valence-corrected chi connectivity index (χ1v) is 9.58. The average Bonchev–Trinajstić information content (AvgIpc) is 3.20. The quantitative estimate of drug-likeness (QED) is 0.858. The van der Waals surface area contributed by atoms with Crippen molar-refractivity contribution in [1.82, 2.24) is 14.7 Å². The number of amides is 2. The Labute approximate surface area is 146 Å². The number of hydrogen-bond donors (Lipinski definition) is 2. The summed E-state index contributed by atoms with van der Waals surface area (Å²) in [5.41, 5.74) is 1.21. The second-order valence-corrected chi connectivity index (χ2v) is 7.73. The molecule has 2 aromatic rings. The number of sulfonamides is 1. The van der Waals surface area contributed by atoms with Crippen LogP contribution in [0.2, 0.25) is 0 Å². The minimum Gasteiger partial charge on any atom is -0.320 e. The summed E-state index contributed by atoms with van der Waals surface area (Å²) in [7, 11) is -3.82. The van der Waals surface area contributed by atoms with Crippen LogP contribution in [0.5, 0.6) is 0 Å². The van der Waals surface area contributed by atoms with Crippen molar-refractivity contribution in [1.29, 1.82) is 0 Å². The van der Waals surface area contributed by atoms with Crippen molar-refractivity contribution >= 4 is 21.7 Å². The van der Waals surface area contributed by atoms with Gasteiger partial charge >= 0.3 is 6.03 Å². The van der Waals surface area contributed by atoms with E-state index in [-0.39, 0.29) is 17.0 Å². The van der Waals surface area contributed by atoms with Gasteiger partial charge in [-0.1, -0.05) is 6.07 Å². The molecular weight excluding hydrogens is 342 g/mol. The number of aryl methyl sites for hydroxylation is 1. The number of nitrogens with zero attached hydrogens (tertiary/aromatic N) is 3. The average molecular weight is 363 g/mol. The van der Waals surface area contributed by atoms with Gasteiger partial charge in [0.05, 0.1) is 17.5 Å². The standard InChI is InChI=1S/C16H21N5O3S/c1-12-5-6-14(25(17,23)24)10-15(12)19-16(22)21-9-2-4-13(21)11-20-8-3-7-18-20/h3,5-8,10,13H,2,4,9,11H2,1H3,(H,19,22)(H2,17,23,24)/t13-/m1/s1. The lowest BCUT2D eigenvalue weighted by Crippen LogP contribution is -2.41. The van der Waals surface area contributed by atoms with Crippen LogP contribution < -0.4 is 10.5 Å². The van der Waals surface area contributed by atoms with Gasteiger partial charge in [0.2, 0.25) is 10.0 Å². The number of nitrogens with one attached hydrogen (secondary N) is 1. The summed E-state index contributed by atoms with van der Waals surface area (Å²) >= 11 is 0. The van der Waals surface area contributed by atoms with Crippen LogP contribution in [0.4, 0.5) is 10.5 Å². The van der Waals surface area contributed by atoms with E-state index < -0.39 is 10.0 Å². The molecule has 0 spiro atoms. The fourth-order valence-corrected chi connectivity index (χ4v) is 3.56. The molecule has 25 heavy (non-hydrogen) atoms. The minimum atomic E-state index is -3.82. The number of likely N-dealkylation sites (tertiary alicyclic amines) is 1. The van der Waals surface area contributed by atoms with E-state index in [0.717, 1.165) is 18.4 Å². The van der Waals surface area contributed by atoms with E-state index in [0.29, 0.717) is 18.8 Å². The molecular formula is C16H21N5O3S. The molecule has 3 rings (SSSR count). The molecule has 3 N–H and O–H groups in total. The van der Waals surface area contributed by atoms with Gasteiger partial charge in [-0.15, -0.1) is 0 Å². The smallest absolute Gasteiger partial charge is 0.320 e. The molecule has 0 unspecified atom stereocenters. The molecule has 2 heterocycles. The van der Waals surface area contributed by atoms with Gasteiger partial charge < -0.3 is 10.2 Å². The van der Waals surface area contributed by atoms with Crippen LogP contribution >= 0.6 is 0 Å². The predicted octanol–water partition coefficient (Wildman–Crippen LogP) is 1.54. The van der Waals surface area contributed by atoms with Crippen molar-refractivity contribution in [2.75, 3.05) is 11.9 Å². The summed E-state index contributed by atoms with van der Waals surface area (Å²) < 4.78 is 24.8. The van der Waals surface area contributed by atoms with Crippen LogP contribution in [0.1, 0.15) is 18.4 Å². The first-order valence-electron chi connectivity index (χ1n) is 8.03. The number of carbonyl (C=O) groups excluding carboxylic acids is 1. The van der Waals surface area contributed by atoms with Crippen LogP contribution in [0.25, 0.3) is 0 Å². The molecule has 0 radical (unpaired) electrons. The van der Waals surface area contributed by atoms with E-state index in [2.05, 4.69) is 10.4 Å². The van der Waals surface area contributed by atoms with Crippen molar-refractivity contribution < 1.29 is 13.2 Å². The highest BCUT2D eigenvalue weighted by molar-refractivity contribution is 7.89. The Bertz CT molecular complexity index is 864. The molecule has 8 nitrogen and oxygen atoms in total. The third-order valence-corrected chi connectivity index (χ3v) is 5.29. The molecule has 2 amide bonds. The van der Waals surface area contributed by atoms with Crippen molar-refractivity contribution in [2.24, 2.45) is 5.14 Å². The van der Waals surface area contributed by atoms with Crippen LogP contribution in [0.3, 0.4) is 0 Å². The lowest BCUT2D eigenvalue weighted by molar-refractivity contribution is 0.199. The van der Waals surface area contributed by atoms with Crippen LogP contribution in [0.15, 0.2) is 41.6 Å². The molecule has 1 atom stereocenters. The number of anilines is 1. The maximum atomic E-state index is 12.7. The summed E-state index contributed by atoms with van der Waals surface area (Å²) in [5, 5.41) is 12.2. The SMILES string of the molecule is Cc1ccc(S(N)(=O)=O)cc1NC(=O)N1CCC[C@@H]1Cn1cccn1. The number of primary sulfonamides is 1. The second-order valence-electron chi connectivity index (χ2n) is 6.17. The number of aromatic nitrogens is 2. The Balaban J connectivity index is 1.75. The van der Waals surface area contributed by atoms with Crippen molar-refractivity contribution in [2.45, 2.75) is 37.2 Å². The van der Waals surface area contributed by atoms with E-state index in [1.54, 1.807) is 24.1 Å². The second kappa shape index (κ2) is 6.85. The summed E-state index contributed by atoms with van der Waals surface area (Å²) in [6.45, 7) is 3.09. The van der Waals surface area contributed by atoms with Crippen LogP contribution in [-0.2, 0) is 16.6 Å². The summed E-state index contributed by atoms with van der Waals surface area (Å²) in [6.07, 6.45) is 5.41. The number of benzene rings is 1. The maximum absolute atomic E-state index is 12.7. The van der Waals surface area contributed by atoms with Crippen molar-refractivity contribution in [3.05, 3.63) is 42.2 Å². The molecule has 0 aliphatic carbocycles. The third kappa shape index (κ3) is 3.99. The monoisotopic (exact) mass is 363 g/mol. The predicted molar refractivity (Wildman–Crippen MR) is 93.5 cm³/mol. The highest BCUT2D eigenvalue weighted by Gasteiger charge is 2.29. The summed E-state index contributed by atoms with van der Waals surface area (Å²) in [6, 6.07) is 6.10. The minimum absolute atomic E-state index is 0.0251. The number of hydrogen-bond acceptors (Lipinski definition) is 4. The zero-order valence-corrected chi connectivity index (χ0v) is 14.7. The molecule has 134 valence electrons. The number of urea groups is 1. The highest BCUT2D eigenvalue weighted by Crippen LogP contribution is 2.23. The molecule has 1 aromatic carbocycles. The Kier molecular flexibility index (Phi) is 4.78. The number of carbonyl (C=O) groups is 1. The van der Waals surface area contributed by atoms with E-state index in [9.17, 15) is 13.2 Å². The van der Waals surface area contributed by atoms with Gasteiger partial charge in [-0.25, -0.2) is 18.4 Å². The fourth-order valence-electron chi connectivity index (χ4n) is 3.02. The largest absolute Gasteiger partial charge is 0.322 e. The molecule has 1 saturated heterocycles. The third-order valence-electron chi connectivity index (χ3n) is 4.37.